The van der Waals surface area contributed by atoms with Gasteiger partial charge >= 0.3 is 0 Å². The molecule has 0 bridgehead atoms. The number of nitrogens with zero attached hydrogens (tertiary/aromatic N) is 1. The van der Waals surface area contributed by atoms with Gasteiger partial charge in [-0.25, -0.2) is 0 Å². The van der Waals surface area contributed by atoms with Gasteiger partial charge in [-0.15, -0.1) is 0 Å². The van der Waals surface area contributed by atoms with E-state index in [1.54, 1.807) is 6.07 Å². The highest BCUT2D eigenvalue weighted by atomic mass is 16.2. The molecule has 0 radical (unpaired) electrons. The predicted molar refractivity (Wildman–Crippen MR) is 109 cm³/mol. The molecule has 0 aromatic heterocycles. The third-order valence-corrected chi connectivity index (χ3v) is 4.79. The Morgan fingerprint density at radius 2 is 1.44 bits per heavy atom. The van der Waals surface area contributed by atoms with E-state index >= 15 is 0 Å². The first-order valence-corrected chi connectivity index (χ1v) is 9.55. The van der Waals surface area contributed by atoms with E-state index in [1.807, 2.05) is 62.4 Å². The van der Waals surface area contributed by atoms with Gasteiger partial charge < -0.3 is 10.6 Å². The number of nitrogens with one attached hydrogen (secondary N) is 2. The Labute approximate surface area is 160 Å². The van der Waals surface area contributed by atoms with E-state index in [2.05, 4.69) is 15.5 Å². The van der Waals surface area contributed by atoms with Gasteiger partial charge in [-0.2, -0.15) is 0 Å². The maximum Gasteiger partial charge on any atom is 0.246 e. The molecule has 1 saturated heterocycles. The summed E-state index contributed by atoms with van der Waals surface area (Å²) in [6.45, 7) is 5.55. The molecule has 2 amide bonds. The van der Waals surface area contributed by atoms with Gasteiger partial charge in [0.25, 0.3) is 0 Å². The topological polar surface area (TPSA) is 61.4 Å². The van der Waals surface area contributed by atoms with Gasteiger partial charge in [-0.05, 0) is 49.7 Å². The van der Waals surface area contributed by atoms with Gasteiger partial charge in [0.1, 0.15) is 6.04 Å². The molecule has 1 aliphatic heterocycles. The second kappa shape index (κ2) is 8.82. The third-order valence-electron chi connectivity index (χ3n) is 4.79. The number of amides is 2. The van der Waals surface area contributed by atoms with Crippen LogP contribution in [0.5, 0.6) is 0 Å². The van der Waals surface area contributed by atoms with Gasteiger partial charge in [0.15, 0.2) is 0 Å². The zero-order valence-corrected chi connectivity index (χ0v) is 15.9. The Bertz CT molecular complexity index is 783. The lowest BCUT2D eigenvalue weighted by atomic mass is 10.0. The molecular weight excluding hydrogens is 338 g/mol. The SMILES string of the molecule is CC(C)C(=O)Nc1cccc(NC(=O)C(c2ccccc2)N2CCCC2)c1. The van der Waals surface area contributed by atoms with E-state index < -0.39 is 0 Å². The summed E-state index contributed by atoms with van der Waals surface area (Å²) < 4.78 is 0. The molecule has 1 fully saturated rings. The molecule has 0 aliphatic carbocycles. The van der Waals surface area contributed by atoms with Crippen molar-refractivity contribution in [3.05, 3.63) is 60.2 Å². The van der Waals surface area contributed by atoms with Crippen LogP contribution in [-0.2, 0) is 9.59 Å². The average Bonchev–Trinajstić information content (AvgIpc) is 3.17. The lowest BCUT2D eigenvalue weighted by Crippen LogP contribution is -2.35. The highest BCUT2D eigenvalue weighted by Gasteiger charge is 2.29. The second-order valence-electron chi connectivity index (χ2n) is 7.27. The molecule has 2 N–H and O–H groups in total. The summed E-state index contributed by atoms with van der Waals surface area (Å²) in [7, 11) is 0. The Kier molecular flexibility index (Phi) is 6.24. The first-order chi connectivity index (χ1) is 13.0. The molecule has 0 saturated carbocycles. The largest absolute Gasteiger partial charge is 0.326 e. The van der Waals surface area contributed by atoms with Crippen LogP contribution in [0.4, 0.5) is 11.4 Å². The van der Waals surface area contributed by atoms with E-state index in [-0.39, 0.29) is 23.8 Å². The number of hydrogen-bond acceptors (Lipinski definition) is 3. The van der Waals surface area contributed by atoms with Crippen molar-refractivity contribution in [1.29, 1.82) is 0 Å². The Balaban J connectivity index is 1.76. The van der Waals surface area contributed by atoms with Gasteiger partial charge in [-0.1, -0.05) is 50.2 Å². The summed E-state index contributed by atoms with van der Waals surface area (Å²) in [5, 5.41) is 5.90. The van der Waals surface area contributed by atoms with E-state index in [1.165, 1.54) is 0 Å². The van der Waals surface area contributed by atoms with Crippen LogP contribution in [0.2, 0.25) is 0 Å². The van der Waals surface area contributed by atoms with Gasteiger partial charge in [0, 0.05) is 17.3 Å². The minimum Gasteiger partial charge on any atom is -0.326 e. The number of anilines is 2. The van der Waals surface area contributed by atoms with Crippen molar-refractivity contribution in [3.63, 3.8) is 0 Å². The minimum atomic E-state index is -0.303. The van der Waals surface area contributed by atoms with Crippen molar-refractivity contribution in [1.82, 2.24) is 4.90 Å². The minimum absolute atomic E-state index is 0.0438. The molecule has 1 atom stereocenters. The summed E-state index contributed by atoms with van der Waals surface area (Å²) in [5.41, 5.74) is 2.37. The van der Waals surface area contributed by atoms with Crippen LogP contribution in [0.3, 0.4) is 0 Å². The van der Waals surface area contributed by atoms with E-state index in [9.17, 15) is 9.59 Å². The number of benzene rings is 2. The summed E-state index contributed by atoms with van der Waals surface area (Å²) in [5.74, 6) is -0.186. The highest BCUT2D eigenvalue weighted by Crippen LogP contribution is 2.27. The van der Waals surface area contributed by atoms with E-state index in [4.69, 9.17) is 0 Å². The van der Waals surface area contributed by atoms with Crippen LogP contribution in [0.1, 0.15) is 38.3 Å². The normalized spacial score (nSPS) is 15.5. The molecule has 0 spiro atoms. The van der Waals surface area contributed by atoms with Gasteiger partial charge in [0.2, 0.25) is 11.8 Å². The van der Waals surface area contributed by atoms with E-state index in [0.717, 1.165) is 31.5 Å². The molecule has 2 aromatic rings. The zero-order chi connectivity index (χ0) is 19.2. The van der Waals surface area contributed by atoms with Crippen molar-refractivity contribution in [2.45, 2.75) is 32.7 Å². The van der Waals surface area contributed by atoms with Crippen molar-refractivity contribution in [2.24, 2.45) is 5.92 Å². The fourth-order valence-corrected chi connectivity index (χ4v) is 3.34. The smallest absolute Gasteiger partial charge is 0.246 e. The van der Waals surface area contributed by atoms with Gasteiger partial charge in [-0.3, -0.25) is 14.5 Å². The lowest BCUT2D eigenvalue weighted by Gasteiger charge is -2.27. The molecular formula is C22H27N3O2. The van der Waals surface area contributed by atoms with Crippen LogP contribution >= 0.6 is 0 Å². The van der Waals surface area contributed by atoms with Crippen LogP contribution in [0, 0.1) is 5.92 Å². The quantitative estimate of drug-likeness (QED) is 0.812. The molecule has 1 aliphatic rings. The lowest BCUT2D eigenvalue weighted by molar-refractivity contribution is -0.121. The fourth-order valence-electron chi connectivity index (χ4n) is 3.34. The number of carbonyl (C=O) groups excluding carboxylic acids is 2. The number of rotatable bonds is 6. The maximum absolute atomic E-state index is 13.1. The van der Waals surface area contributed by atoms with Crippen molar-refractivity contribution >= 4 is 23.2 Å². The van der Waals surface area contributed by atoms with Crippen molar-refractivity contribution in [2.75, 3.05) is 23.7 Å². The zero-order valence-electron chi connectivity index (χ0n) is 15.9. The van der Waals surface area contributed by atoms with E-state index in [0.29, 0.717) is 11.4 Å². The van der Waals surface area contributed by atoms with Gasteiger partial charge in [0.05, 0.1) is 0 Å². The molecule has 27 heavy (non-hydrogen) atoms. The summed E-state index contributed by atoms with van der Waals surface area (Å²) in [4.78, 5) is 27.2. The first kappa shape index (κ1) is 19.1. The van der Waals surface area contributed by atoms with Crippen LogP contribution in [0.15, 0.2) is 54.6 Å². The fraction of sp³-hybridized carbons (Fsp3) is 0.364. The molecule has 3 rings (SSSR count). The maximum atomic E-state index is 13.1. The standard InChI is InChI=1S/C22H27N3O2/c1-16(2)21(26)23-18-11-8-12-19(15-18)24-22(27)20(25-13-6-7-14-25)17-9-4-3-5-10-17/h3-5,8-12,15-16,20H,6-7,13-14H2,1-2H3,(H,23,26)(H,24,27). The van der Waals surface area contributed by atoms with Crippen molar-refractivity contribution < 1.29 is 9.59 Å². The Morgan fingerprint density at radius 1 is 0.852 bits per heavy atom. The number of likely N-dealkylation sites (tertiary alicyclic amines) is 1. The third kappa shape index (κ3) is 4.95. The van der Waals surface area contributed by atoms with Crippen LogP contribution in [-0.4, -0.2) is 29.8 Å². The average molecular weight is 365 g/mol. The van der Waals surface area contributed by atoms with Crippen molar-refractivity contribution in [3.8, 4) is 0 Å². The Morgan fingerprint density at radius 3 is 2.04 bits per heavy atom. The molecule has 2 aromatic carbocycles. The molecule has 142 valence electrons. The highest BCUT2D eigenvalue weighted by molar-refractivity contribution is 5.97. The first-order valence-electron chi connectivity index (χ1n) is 9.55. The number of carbonyl (C=O) groups is 2. The molecule has 1 unspecified atom stereocenters. The number of hydrogen-bond donors (Lipinski definition) is 2. The van der Waals surface area contributed by atoms with Crippen LogP contribution in [0.25, 0.3) is 0 Å². The summed E-state index contributed by atoms with van der Waals surface area (Å²) in [6, 6.07) is 16.9. The molecule has 5 nitrogen and oxygen atoms in total. The molecule has 1 heterocycles. The second-order valence-corrected chi connectivity index (χ2v) is 7.27. The molecule has 5 heteroatoms. The Hall–Kier alpha value is -2.66. The summed E-state index contributed by atoms with van der Waals surface area (Å²) >= 11 is 0. The summed E-state index contributed by atoms with van der Waals surface area (Å²) in [6.07, 6.45) is 2.24. The predicted octanol–water partition coefficient (Wildman–Crippen LogP) is 4.06. The van der Waals surface area contributed by atoms with Crippen LogP contribution < -0.4 is 10.6 Å². The monoisotopic (exact) mass is 365 g/mol.